The standard InChI is InChI=1S/C18H24ClN7/c1-23(2)7-6-16-21-17-14-12-13(19)4-5-15(14)20-18(26(17)22-16)25-10-8-24(3)9-11-25/h4-5,12H,6-11H2,1-3H3. The quantitative estimate of drug-likeness (QED) is 0.695. The van der Waals surface area contributed by atoms with Crippen LogP contribution < -0.4 is 4.90 Å². The van der Waals surface area contributed by atoms with Crippen molar-refractivity contribution in [3.05, 3.63) is 29.0 Å². The van der Waals surface area contributed by atoms with Gasteiger partial charge in [0.1, 0.15) is 0 Å². The van der Waals surface area contributed by atoms with Crippen molar-refractivity contribution in [3.8, 4) is 0 Å². The molecule has 0 atom stereocenters. The van der Waals surface area contributed by atoms with Crippen LogP contribution in [-0.2, 0) is 6.42 Å². The Balaban J connectivity index is 1.84. The lowest BCUT2D eigenvalue weighted by Gasteiger charge is -2.33. The van der Waals surface area contributed by atoms with Gasteiger partial charge in [0.25, 0.3) is 0 Å². The van der Waals surface area contributed by atoms with E-state index >= 15 is 0 Å². The highest BCUT2D eigenvalue weighted by atomic mass is 35.5. The van der Waals surface area contributed by atoms with Crippen molar-refractivity contribution in [3.63, 3.8) is 0 Å². The van der Waals surface area contributed by atoms with Gasteiger partial charge in [-0.15, -0.1) is 5.10 Å². The summed E-state index contributed by atoms with van der Waals surface area (Å²) in [5, 5.41) is 6.41. The van der Waals surface area contributed by atoms with Gasteiger partial charge >= 0.3 is 0 Å². The lowest BCUT2D eigenvalue weighted by Crippen LogP contribution is -2.45. The molecule has 8 heteroatoms. The molecule has 1 aromatic carbocycles. The zero-order chi connectivity index (χ0) is 18.3. The first-order valence-corrected chi connectivity index (χ1v) is 9.32. The molecule has 0 amide bonds. The van der Waals surface area contributed by atoms with Gasteiger partial charge in [0, 0.05) is 49.6 Å². The van der Waals surface area contributed by atoms with E-state index in [1.165, 1.54) is 0 Å². The van der Waals surface area contributed by atoms with Crippen molar-refractivity contribution >= 4 is 34.1 Å². The highest BCUT2D eigenvalue weighted by Crippen LogP contribution is 2.26. The largest absolute Gasteiger partial charge is 0.338 e. The first-order valence-electron chi connectivity index (χ1n) is 8.94. The monoisotopic (exact) mass is 373 g/mol. The van der Waals surface area contributed by atoms with Gasteiger partial charge in [-0.1, -0.05) is 11.6 Å². The topological polar surface area (TPSA) is 52.8 Å². The van der Waals surface area contributed by atoms with Crippen molar-refractivity contribution in [2.75, 3.05) is 58.8 Å². The first-order chi connectivity index (χ1) is 12.5. The van der Waals surface area contributed by atoms with Crippen molar-refractivity contribution < 1.29 is 0 Å². The summed E-state index contributed by atoms with van der Waals surface area (Å²) < 4.78 is 1.90. The number of benzene rings is 1. The average Bonchev–Trinajstić information content (AvgIpc) is 3.05. The van der Waals surface area contributed by atoms with Crippen LogP contribution in [0.25, 0.3) is 16.6 Å². The molecular weight excluding hydrogens is 350 g/mol. The summed E-state index contributed by atoms with van der Waals surface area (Å²) in [5.41, 5.74) is 1.74. The van der Waals surface area contributed by atoms with Crippen LogP contribution in [-0.4, -0.2) is 83.2 Å². The molecule has 1 fully saturated rings. The molecule has 2 aromatic heterocycles. The maximum atomic E-state index is 6.23. The molecule has 4 rings (SSSR count). The molecule has 0 saturated carbocycles. The number of piperazine rings is 1. The zero-order valence-corrected chi connectivity index (χ0v) is 16.2. The van der Waals surface area contributed by atoms with Crippen LogP contribution in [0.3, 0.4) is 0 Å². The smallest absolute Gasteiger partial charge is 0.229 e. The fourth-order valence-corrected chi connectivity index (χ4v) is 3.42. The van der Waals surface area contributed by atoms with Crippen LogP contribution in [0.15, 0.2) is 18.2 Å². The highest BCUT2D eigenvalue weighted by molar-refractivity contribution is 6.31. The number of anilines is 1. The molecule has 1 aliphatic rings. The molecule has 26 heavy (non-hydrogen) atoms. The molecule has 0 spiro atoms. The van der Waals surface area contributed by atoms with Gasteiger partial charge in [-0.2, -0.15) is 4.52 Å². The first kappa shape index (κ1) is 17.5. The Morgan fingerprint density at radius 2 is 1.88 bits per heavy atom. The molecule has 1 aliphatic heterocycles. The third-order valence-electron chi connectivity index (χ3n) is 4.83. The third kappa shape index (κ3) is 3.34. The second-order valence-electron chi connectivity index (χ2n) is 7.18. The maximum Gasteiger partial charge on any atom is 0.229 e. The minimum atomic E-state index is 0.686. The average molecular weight is 374 g/mol. The van der Waals surface area contributed by atoms with E-state index < -0.39 is 0 Å². The summed E-state index contributed by atoms with van der Waals surface area (Å²) in [7, 11) is 6.27. The van der Waals surface area contributed by atoms with E-state index in [0.29, 0.717) is 5.02 Å². The Hall–Kier alpha value is -1.96. The normalized spacial score (nSPS) is 16.3. The van der Waals surface area contributed by atoms with E-state index in [-0.39, 0.29) is 0 Å². The Kier molecular flexibility index (Phi) is 4.69. The maximum absolute atomic E-state index is 6.23. The van der Waals surface area contributed by atoms with Crippen LogP contribution in [0.1, 0.15) is 5.82 Å². The number of nitrogens with zero attached hydrogens (tertiary/aromatic N) is 7. The third-order valence-corrected chi connectivity index (χ3v) is 5.06. The van der Waals surface area contributed by atoms with Gasteiger partial charge in [0.05, 0.1) is 5.52 Å². The number of likely N-dealkylation sites (N-methyl/N-ethyl adjacent to an activating group) is 2. The summed E-state index contributed by atoms with van der Waals surface area (Å²) in [5.74, 6) is 1.70. The molecule has 3 aromatic rings. The Morgan fingerprint density at radius 3 is 2.62 bits per heavy atom. The Morgan fingerprint density at radius 1 is 1.12 bits per heavy atom. The van der Waals surface area contributed by atoms with E-state index in [0.717, 1.165) is 67.5 Å². The summed E-state index contributed by atoms with van der Waals surface area (Å²) in [6.45, 7) is 4.82. The number of rotatable bonds is 4. The second-order valence-corrected chi connectivity index (χ2v) is 7.62. The van der Waals surface area contributed by atoms with Crippen molar-refractivity contribution in [2.24, 2.45) is 0 Å². The number of aromatic nitrogens is 4. The fourth-order valence-electron chi connectivity index (χ4n) is 3.25. The summed E-state index contributed by atoms with van der Waals surface area (Å²) >= 11 is 6.23. The summed E-state index contributed by atoms with van der Waals surface area (Å²) in [4.78, 5) is 16.5. The van der Waals surface area contributed by atoms with Crippen molar-refractivity contribution in [1.82, 2.24) is 29.4 Å². The molecule has 0 bridgehead atoms. The molecule has 138 valence electrons. The van der Waals surface area contributed by atoms with Gasteiger partial charge in [-0.25, -0.2) is 9.97 Å². The SMILES string of the molecule is CN(C)CCc1nc2c3cc(Cl)ccc3nc(N3CCN(C)CC3)n2n1. The Labute approximate surface area is 158 Å². The molecule has 0 N–H and O–H groups in total. The molecule has 1 saturated heterocycles. The number of fused-ring (bicyclic) bond motifs is 3. The summed E-state index contributed by atoms with van der Waals surface area (Å²) in [6, 6.07) is 5.77. The van der Waals surface area contributed by atoms with Crippen LogP contribution in [0, 0.1) is 0 Å². The van der Waals surface area contributed by atoms with E-state index in [1.54, 1.807) is 0 Å². The van der Waals surface area contributed by atoms with Crippen LogP contribution in [0.5, 0.6) is 0 Å². The highest BCUT2D eigenvalue weighted by Gasteiger charge is 2.21. The van der Waals surface area contributed by atoms with Crippen LogP contribution in [0.2, 0.25) is 5.02 Å². The van der Waals surface area contributed by atoms with Crippen molar-refractivity contribution in [1.29, 1.82) is 0 Å². The lowest BCUT2D eigenvalue weighted by molar-refractivity contribution is 0.310. The number of hydrogen-bond donors (Lipinski definition) is 0. The number of halogens is 1. The van der Waals surface area contributed by atoms with E-state index in [1.807, 2.05) is 22.7 Å². The van der Waals surface area contributed by atoms with Gasteiger partial charge in [-0.05, 0) is 39.3 Å². The van der Waals surface area contributed by atoms with E-state index in [2.05, 4.69) is 35.8 Å². The second kappa shape index (κ2) is 6.98. The zero-order valence-electron chi connectivity index (χ0n) is 15.5. The molecule has 0 radical (unpaired) electrons. The van der Waals surface area contributed by atoms with Gasteiger partial charge < -0.3 is 14.7 Å². The van der Waals surface area contributed by atoms with Crippen LogP contribution in [0.4, 0.5) is 5.95 Å². The minimum Gasteiger partial charge on any atom is -0.338 e. The minimum absolute atomic E-state index is 0.686. The molecule has 7 nitrogen and oxygen atoms in total. The van der Waals surface area contributed by atoms with Crippen molar-refractivity contribution in [2.45, 2.75) is 6.42 Å². The predicted molar refractivity (Wildman–Crippen MR) is 105 cm³/mol. The van der Waals surface area contributed by atoms with E-state index in [9.17, 15) is 0 Å². The summed E-state index contributed by atoms with van der Waals surface area (Å²) in [6.07, 6.45) is 0.804. The number of hydrogen-bond acceptors (Lipinski definition) is 6. The van der Waals surface area contributed by atoms with Gasteiger partial charge in [0.2, 0.25) is 5.95 Å². The van der Waals surface area contributed by atoms with Gasteiger partial charge in [-0.3, -0.25) is 0 Å². The van der Waals surface area contributed by atoms with Gasteiger partial charge in [0.15, 0.2) is 11.5 Å². The lowest BCUT2D eigenvalue weighted by atomic mass is 10.2. The molecule has 0 unspecified atom stereocenters. The van der Waals surface area contributed by atoms with E-state index in [4.69, 9.17) is 26.7 Å². The van der Waals surface area contributed by atoms with Crippen LogP contribution >= 0.6 is 11.6 Å². The fraction of sp³-hybridized carbons (Fsp3) is 0.500. The predicted octanol–water partition coefficient (Wildman–Crippen LogP) is 1.79. The Bertz CT molecular complexity index is 928. The molecule has 3 heterocycles. The molecular formula is C18H24ClN7. The molecule has 0 aliphatic carbocycles.